The van der Waals surface area contributed by atoms with Crippen LogP contribution in [0, 0.1) is 23.7 Å². The highest BCUT2D eigenvalue weighted by molar-refractivity contribution is 5.80. The van der Waals surface area contributed by atoms with Gasteiger partial charge in [-0.05, 0) is 37.5 Å². The molecule has 166 valence electrons. The Labute approximate surface area is 174 Å². The molecule has 0 saturated heterocycles. The average Bonchev–Trinajstić information content (AvgIpc) is 2.54. The third-order valence-electron chi connectivity index (χ3n) is 5.08. The van der Waals surface area contributed by atoms with Gasteiger partial charge in [0.05, 0.1) is 0 Å². The number of primary amides is 1. The molecular weight excluding hydrogens is 350 g/mol. The Hall–Kier alpha value is -1.32. The van der Waals surface area contributed by atoms with Crippen molar-refractivity contribution in [3.05, 3.63) is 11.6 Å². The zero-order valence-corrected chi connectivity index (χ0v) is 19.6. The fourth-order valence-electron chi connectivity index (χ4n) is 2.99. The minimum atomic E-state index is -0.822. The van der Waals surface area contributed by atoms with E-state index < -0.39 is 5.97 Å². The van der Waals surface area contributed by atoms with Crippen molar-refractivity contribution in [1.29, 1.82) is 0 Å². The van der Waals surface area contributed by atoms with E-state index in [1.54, 1.807) is 13.8 Å². The lowest BCUT2D eigenvalue weighted by atomic mass is 9.91. The van der Waals surface area contributed by atoms with Crippen molar-refractivity contribution in [3.8, 4) is 0 Å². The molecule has 28 heavy (non-hydrogen) atoms. The molecule has 0 bridgehead atoms. The smallest absolute Gasteiger partial charge is 0.328 e. The van der Waals surface area contributed by atoms with Gasteiger partial charge in [-0.2, -0.15) is 0 Å². The van der Waals surface area contributed by atoms with Crippen molar-refractivity contribution in [2.45, 2.75) is 106 Å². The number of carbonyl (C=O) groups is 2. The molecule has 4 nitrogen and oxygen atoms in total. The van der Waals surface area contributed by atoms with Crippen molar-refractivity contribution in [1.82, 2.24) is 0 Å². The van der Waals surface area contributed by atoms with Crippen molar-refractivity contribution in [2.24, 2.45) is 29.4 Å². The molecule has 0 spiro atoms. The molecule has 4 heteroatoms. The standard InChI is InChI=1S/C20H38O2.C4H9NO/c1-16(2)9-6-10-17(3)11-7-12-18(4)13-8-14-19(5)15-20(21)22;1-3(2)4(5)6/h15-18H,6-14H2,1-5H3,(H,21,22);3H,1-2H3,(H2,5,6)/b19-15+;/t17-,18-;/m1./s1. The molecule has 0 fully saturated rings. The van der Waals surface area contributed by atoms with Crippen LogP contribution in [0.25, 0.3) is 0 Å². The van der Waals surface area contributed by atoms with Gasteiger partial charge in [0.25, 0.3) is 0 Å². The number of carboxylic acid groups (broad SMARTS) is 1. The van der Waals surface area contributed by atoms with Crippen LogP contribution in [0.15, 0.2) is 11.6 Å². The zero-order chi connectivity index (χ0) is 22.1. The van der Waals surface area contributed by atoms with E-state index in [1.165, 1.54) is 51.0 Å². The SMILES string of the molecule is C/C(=C\C(=O)O)CCC[C@H](C)CCC[C@H](C)CCCC(C)C.CC(C)C(N)=O. The number of allylic oxidation sites excluding steroid dienone is 1. The molecule has 0 heterocycles. The lowest BCUT2D eigenvalue weighted by Crippen LogP contribution is -2.17. The van der Waals surface area contributed by atoms with E-state index in [-0.39, 0.29) is 11.8 Å². The highest BCUT2D eigenvalue weighted by atomic mass is 16.4. The van der Waals surface area contributed by atoms with E-state index >= 15 is 0 Å². The van der Waals surface area contributed by atoms with E-state index in [0.717, 1.165) is 36.2 Å². The first-order chi connectivity index (χ1) is 13.0. The molecule has 0 aliphatic heterocycles. The quantitative estimate of drug-likeness (QED) is 0.325. The summed E-state index contributed by atoms with van der Waals surface area (Å²) < 4.78 is 0. The molecule has 1 amide bonds. The summed E-state index contributed by atoms with van der Waals surface area (Å²) in [6.45, 7) is 14.8. The number of rotatable bonds is 14. The first kappa shape index (κ1) is 28.9. The molecule has 0 aromatic heterocycles. The predicted molar refractivity (Wildman–Crippen MR) is 120 cm³/mol. The second-order valence-electron chi connectivity index (χ2n) is 9.24. The van der Waals surface area contributed by atoms with Gasteiger partial charge in [0.2, 0.25) is 5.91 Å². The van der Waals surface area contributed by atoms with Gasteiger partial charge >= 0.3 is 5.97 Å². The summed E-state index contributed by atoms with van der Waals surface area (Å²) >= 11 is 0. The first-order valence-corrected chi connectivity index (χ1v) is 11.1. The van der Waals surface area contributed by atoms with E-state index in [1.807, 2.05) is 6.92 Å². The number of nitrogens with two attached hydrogens (primary N) is 1. The Morgan fingerprint density at radius 3 is 1.57 bits per heavy atom. The zero-order valence-electron chi connectivity index (χ0n) is 19.6. The van der Waals surface area contributed by atoms with Gasteiger partial charge in [0, 0.05) is 12.0 Å². The van der Waals surface area contributed by atoms with Crippen LogP contribution in [-0.2, 0) is 9.59 Å². The van der Waals surface area contributed by atoms with Crippen molar-refractivity contribution in [3.63, 3.8) is 0 Å². The molecule has 0 radical (unpaired) electrons. The maximum absolute atomic E-state index is 10.5. The Morgan fingerprint density at radius 1 is 0.821 bits per heavy atom. The number of carbonyl (C=O) groups excluding carboxylic acids is 1. The summed E-state index contributed by atoms with van der Waals surface area (Å²) in [4.78, 5) is 20.5. The minimum Gasteiger partial charge on any atom is -0.478 e. The lowest BCUT2D eigenvalue weighted by Gasteiger charge is -2.15. The van der Waals surface area contributed by atoms with Gasteiger partial charge in [0.1, 0.15) is 0 Å². The van der Waals surface area contributed by atoms with Crippen LogP contribution in [0.5, 0.6) is 0 Å². The molecule has 0 aromatic carbocycles. The molecular formula is C24H47NO3. The summed E-state index contributed by atoms with van der Waals surface area (Å²) in [5.74, 6) is 1.40. The van der Waals surface area contributed by atoms with Crippen LogP contribution in [0.2, 0.25) is 0 Å². The normalized spacial score (nSPS) is 13.8. The summed E-state index contributed by atoms with van der Waals surface area (Å²) in [6, 6.07) is 0. The Bertz CT molecular complexity index is 441. The summed E-state index contributed by atoms with van der Waals surface area (Å²) in [5.41, 5.74) is 5.78. The van der Waals surface area contributed by atoms with Crippen molar-refractivity contribution in [2.75, 3.05) is 0 Å². The second-order valence-corrected chi connectivity index (χ2v) is 9.24. The summed E-state index contributed by atoms with van der Waals surface area (Å²) in [7, 11) is 0. The largest absolute Gasteiger partial charge is 0.478 e. The molecule has 0 rings (SSSR count). The van der Waals surface area contributed by atoms with Gasteiger partial charge in [-0.3, -0.25) is 4.79 Å². The van der Waals surface area contributed by atoms with E-state index in [9.17, 15) is 9.59 Å². The maximum atomic E-state index is 10.5. The average molecular weight is 398 g/mol. The van der Waals surface area contributed by atoms with E-state index in [0.29, 0.717) is 0 Å². The van der Waals surface area contributed by atoms with Gasteiger partial charge in [-0.25, -0.2) is 4.79 Å². The molecule has 0 unspecified atom stereocenters. The van der Waals surface area contributed by atoms with Crippen LogP contribution < -0.4 is 5.73 Å². The van der Waals surface area contributed by atoms with Gasteiger partial charge in [-0.15, -0.1) is 0 Å². The third-order valence-corrected chi connectivity index (χ3v) is 5.08. The molecule has 2 atom stereocenters. The highest BCUT2D eigenvalue weighted by Crippen LogP contribution is 2.21. The van der Waals surface area contributed by atoms with Crippen LogP contribution >= 0.6 is 0 Å². The second kappa shape index (κ2) is 17.8. The topological polar surface area (TPSA) is 80.4 Å². The van der Waals surface area contributed by atoms with Gasteiger partial charge in [-0.1, -0.05) is 92.1 Å². The van der Waals surface area contributed by atoms with Gasteiger partial charge in [0.15, 0.2) is 0 Å². The number of hydrogen-bond donors (Lipinski definition) is 2. The van der Waals surface area contributed by atoms with Crippen LogP contribution in [0.3, 0.4) is 0 Å². The molecule has 0 saturated carbocycles. The number of hydrogen-bond acceptors (Lipinski definition) is 2. The third kappa shape index (κ3) is 22.7. The van der Waals surface area contributed by atoms with Gasteiger partial charge < -0.3 is 10.8 Å². The monoisotopic (exact) mass is 397 g/mol. The summed E-state index contributed by atoms with van der Waals surface area (Å²) in [5, 5.41) is 8.68. The Kier molecular flexibility index (Phi) is 18.3. The van der Waals surface area contributed by atoms with Crippen LogP contribution in [0.4, 0.5) is 0 Å². The van der Waals surface area contributed by atoms with E-state index in [2.05, 4.69) is 27.7 Å². The Balaban J connectivity index is 0. The number of amides is 1. The van der Waals surface area contributed by atoms with Crippen molar-refractivity contribution < 1.29 is 14.7 Å². The minimum absolute atomic E-state index is 0.00926. The number of carboxylic acids is 1. The molecule has 0 aliphatic carbocycles. The maximum Gasteiger partial charge on any atom is 0.328 e. The molecule has 0 aliphatic rings. The first-order valence-electron chi connectivity index (χ1n) is 11.1. The molecule has 3 N–H and O–H groups in total. The summed E-state index contributed by atoms with van der Waals surface area (Å²) in [6.07, 6.45) is 12.7. The van der Waals surface area contributed by atoms with Crippen LogP contribution in [0.1, 0.15) is 106 Å². The van der Waals surface area contributed by atoms with E-state index in [4.69, 9.17) is 10.8 Å². The van der Waals surface area contributed by atoms with Crippen molar-refractivity contribution >= 4 is 11.9 Å². The predicted octanol–water partition coefficient (Wildman–Crippen LogP) is 6.58. The van der Waals surface area contributed by atoms with Crippen LogP contribution in [-0.4, -0.2) is 17.0 Å². The number of aliphatic carboxylic acids is 1. The Morgan fingerprint density at radius 2 is 1.21 bits per heavy atom. The molecule has 0 aromatic rings. The highest BCUT2D eigenvalue weighted by Gasteiger charge is 2.07. The lowest BCUT2D eigenvalue weighted by molar-refractivity contribution is -0.131. The fourth-order valence-corrected chi connectivity index (χ4v) is 2.99. The fraction of sp³-hybridized carbons (Fsp3) is 0.833.